The second kappa shape index (κ2) is 8.09. The van der Waals surface area contributed by atoms with Crippen LogP contribution in [-0.4, -0.2) is 41.5 Å². The highest BCUT2D eigenvalue weighted by atomic mass is 16.5. The molecule has 0 aromatic heterocycles. The molecule has 2 amide bonds. The first-order chi connectivity index (χ1) is 14.7. The number of nitrogens with one attached hydrogen (secondary N) is 1. The van der Waals surface area contributed by atoms with Gasteiger partial charge in [-0.3, -0.25) is 9.59 Å². The average Bonchev–Trinajstić information content (AvgIpc) is 3.30. The fraction of sp³-hybridized carbons (Fsp3) is 0.583. The molecule has 2 bridgehead atoms. The molecule has 166 valence electrons. The lowest BCUT2D eigenvalue weighted by Crippen LogP contribution is -2.34. The van der Waals surface area contributed by atoms with Crippen LogP contribution in [0.4, 0.5) is 0 Å². The highest BCUT2D eigenvalue weighted by molar-refractivity contribution is 5.95. The summed E-state index contributed by atoms with van der Waals surface area (Å²) in [4.78, 5) is 38.2. The number of nitrogens with zero attached hydrogens (tertiary/aromatic N) is 2. The van der Waals surface area contributed by atoms with Crippen molar-refractivity contribution in [3.63, 3.8) is 0 Å². The lowest BCUT2D eigenvalue weighted by Gasteiger charge is -2.34. The van der Waals surface area contributed by atoms with Gasteiger partial charge in [0.1, 0.15) is 0 Å². The number of fused-ring (bicyclic) bond motifs is 2. The van der Waals surface area contributed by atoms with Crippen molar-refractivity contribution in [3.8, 4) is 0 Å². The van der Waals surface area contributed by atoms with E-state index in [1.165, 1.54) is 6.42 Å². The molecule has 3 fully saturated rings. The third-order valence-electron chi connectivity index (χ3n) is 7.87. The molecular weight excluding hydrogens is 394 g/mol. The third kappa shape index (κ3) is 3.98. The zero-order valence-corrected chi connectivity index (χ0v) is 18.6. The fourth-order valence-electron chi connectivity index (χ4n) is 5.36. The first kappa shape index (κ1) is 21.5. The molecule has 2 atom stereocenters. The van der Waals surface area contributed by atoms with Gasteiger partial charge in [-0.05, 0) is 54.7 Å². The Morgan fingerprint density at radius 1 is 1.29 bits per heavy atom. The number of esters is 1. The maximum atomic E-state index is 12.4. The topological polar surface area (TPSA) is 88.1 Å². The van der Waals surface area contributed by atoms with Crippen LogP contribution in [0.1, 0.15) is 68.8 Å². The Hall–Kier alpha value is -2.70. The monoisotopic (exact) mass is 425 g/mol. The highest BCUT2D eigenvalue weighted by Gasteiger charge is 2.60. The van der Waals surface area contributed by atoms with Gasteiger partial charge in [-0.2, -0.15) is 5.10 Å². The van der Waals surface area contributed by atoms with E-state index in [1.54, 1.807) is 23.1 Å². The summed E-state index contributed by atoms with van der Waals surface area (Å²) < 4.78 is 5.18. The van der Waals surface area contributed by atoms with E-state index in [0.717, 1.165) is 37.1 Å². The molecule has 1 N–H and O–H groups in total. The van der Waals surface area contributed by atoms with Crippen LogP contribution in [0.15, 0.2) is 29.4 Å². The number of benzene rings is 1. The Labute approximate surface area is 183 Å². The van der Waals surface area contributed by atoms with E-state index in [1.807, 2.05) is 6.07 Å². The summed E-state index contributed by atoms with van der Waals surface area (Å²) in [6.45, 7) is 7.64. The van der Waals surface area contributed by atoms with Crippen molar-refractivity contribution in [2.45, 2.75) is 59.4 Å². The number of hydrogen-bond donors (Lipinski definition) is 1. The summed E-state index contributed by atoms with van der Waals surface area (Å²) >= 11 is 0. The minimum Gasteiger partial charge on any atom is -0.452 e. The van der Waals surface area contributed by atoms with Crippen molar-refractivity contribution in [1.82, 2.24) is 10.3 Å². The normalized spacial score (nSPS) is 27.7. The predicted molar refractivity (Wildman–Crippen MR) is 116 cm³/mol. The van der Waals surface area contributed by atoms with Gasteiger partial charge in [0.05, 0.1) is 5.56 Å². The smallest absolute Gasteiger partial charge is 0.338 e. The SMILES string of the molecule is CC12CCC(C/C1=N/NC(=O)COC(=O)c1cccc(CN3CCCC3=O)c1)C2(C)C. The molecule has 0 radical (unpaired) electrons. The molecule has 1 aliphatic heterocycles. The molecule has 1 aromatic carbocycles. The summed E-state index contributed by atoms with van der Waals surface area (Å²) in [5.74, 6) is -0.262. The van der Waals surface area contributed by atoms with Crippen LogP contribution in [0, 0.1) is 16.7 Å². The van der Waals surface area contributed by atoms with Crippen molar-refractivity contribution in [3.05, 3.63) is 35.4 Å². The maximum absolute atomic E-state index is 12.4. The lowest BCUT2D eigenvalue weighted by atomic mass is 9.70. The van der Waals surface area contributed by atoms with Gasteiger partial charge < -0.3 is 9.64 Å². The molecule has 31 heavy (non-hydrogen) atoms. The molecule has 0 spiro atoms. The average molecular weight is 426 g/mol. The van der Waals surface area contributed by atoms with Crippen LogP contribution in [0.2, 0.25) is 0 Å². The van der Waals surface area contributed by atoms with Gasteiger partial charge >= 0.3 is 5.97 Å². The number of hydrazone groups is 1. The maximum Gasteiger partial charge on any atom is 0.338 e. The van der Waals surface area contributed by atoms with Crippen LogP contribution in [0.3, 0.4) is 0 Å². The molecule has 3 aliphatic rings. The van der Waals surface area contributed by atoms with Gasteiger partial charge in [-0.25, -0.2) is 10.2 Å². The number of hydrogen-bond acceptors (Lipinski definition) is 5. The standard InChI is InChI=1S/C24H31N3O4/c1-23(2)18-9-10-24(23,3)19(13-18)25-26-20(28)15-31-22(30)17-7-4-6-16(12-17)14-27-11-5-8-21(27)29/h4,6-7,12,18H,5,8-11,13-15H2,1-3H3,(H,26,28)/b25-19-. The van der Waals surface area contributed by atoms with E-state index in [0.29, 0.717) is 24.4 Å². The van der Waals surface area contributed by atoms with Crippen LogP contribution >= 0.6 is 0 Å². The van der Waals surface area contributed by atoms with Crippen LogP contribution < -0.4 is 5.43 Å². The number of carbonyl (C=O) groups excluding carboxylic acids is 3. The van der Waals surface area contributed by atoms with E-state index < -0.39 is 11.9 Å². The molecule has 1 saturated heterocycles. The number of amides is 2. The Morgan fingerprint density at radius 3 is 2.74 bits per heavy atom. The highest BCUT2D eigenvalue weighted by Crippen LogP contribution is 2.63. The summed E-state index contributed by atoms with van der Waals surface area (Å²) in [5, 5.41) is 4.39. The molecule has 2 aliphatic carbocycles. The first-order valence-electron chi connectivity index (χ1n) is 11.1. The minimum atomic E-state index is -0.564. The third-order valence-corrected chi connectivity index (χ3v) is 7.87. The molecule has 2 saturated carbocycles. The Kier molecular flexibility index (Phi) is 5.62. The Bertz CT molecular complexity index is 939. The zero-order valence-electron chi connectivity index (χ0n) is 18.6. The summed E-state index contributed by atoms with van der Waals surface area (Å²) in [6.07, 6.45) is 4.66. The van der Waals surface area contributed by atoms with E-state index >= 15 is 0 Å². The van der Waals surface area contributed by atoms with E-state index in [4.69, 9.17) is 4.74 Å². The van der Waals surface area contributed by atoms with Crippen LogP contribution in [-0.2, 0) is 20.9 Å². The van der Waals surface area contributed by atoms with Crippen molar-refractivity contribution in [2.75, 3.05) is 13.2 Å². The molecule has 4 rings (SSSR count). The molecular formula is C24H31N3O4. The number of carbonyl (C=O) groups is 3. The molecule has 1 aromatic rings. The Morgan fingerprint density at radius 2 is 2.10 bits per heavy atom. The zero-order chi connectivity index (χ0) is 22.2. The van der Waals surface area contributed by atoms with Crippen LogP contribution in [0.5, 0.6) is 0 Å². The van der Waals surface area contributed by atoms with Gasteiger partial charge in [0, 0.05) is 30.6 Å². The van der Waals surface area contributed by atoms with Crippen molar-refractivity contribution >= 4 is 23.5 Å². The molecule has 7 heteroatoms. The van der Waals surface area contributed by atoms with Crippen molar-refractivity contribution in [1.29, 1.82) is 0 Å². The van der Waals surface area contributed by atoms with Gasteiger partial charge in [0.15, 0.2) is 6.61 Å². The second-order valence-electron chi connectivity index (χ2n) is 9.78. The quantitative estimate of drug-likeness (QED) is 0.560. The minimum absolute atomic E-state index is 0.0127. The van der Waals surface area contributed by atoms with Gasteiger partial charge in [-0.15, -0.1) is 0 Å². The predicted octanol–water partition coefficient (Wildman–Crippen LogP) is 3.28. The largest absolute Gasteiger partial charge is 0.452 e. The number of likely N-dealkylation sites (tertiary alicyclic amines) is 1. The number of rotatable bonds is 6. The van der Waals surface area contributed by atoms with Gasteiger partial charge in [0.25, 0.3) is 5.91 Å². The van der Waals surface area contributed by atoms with Gasteiger partial charge in [0.2, 0.25) is 5.91 Å². The molecule has 2 unspecified atom stereocenters. The van der Waals surface area contributed by atoms with E-state index in [9.17, 15) is 14.4 Å². The molecule has 1 heterocycles. The van der Waals surface area contributed by atoms with E-state index in [2.05, 4.69) is 31.3 Å². The van der Waals surface area contributed by atoms with Crippen LogP contribution in [0.25, 0.3) is 0 Å². The lowest BCUT2D eigenvalue weighted by molar-refractivity contribution is -0.128. The fourth-order valence-corrected chi connectivity index (χ4v) is 5.36. The molecule has 7 nitrogen and oxygen atoms in total. The summed E-state index contributed by atoms with van der Waals surface area (Å²) in [5.41, 5.74) is 5.05. The first-order valence-corrected chi connectivity index (χ1v) is 11.1. The summed E-state index contributed by atoms with van der Waals surface area (Å²) in [7, 11) is 0. The van der Waals surface area contributed by atoms with Gasteiger partial charge in [-0.1, -0.05) is 32.9 Å². The van der Waals surface area contributed by atoms with Crippen molar-refractivity contribution in [2.24, 2.45) is 21.8 Å². The number of ether oxygens (including phenoxy) is 1. The van der Waals surface area contributed by atoms with Crippen molar-refractivity contribution < 1.29 is 19.1 Å². The second-order valence-corrected chi connectivity index (χ2v) is 9.78. The summed E-state index contributed by atoms with van der Waals surface area (Å²) in [6, 6.07) is 7.00. The van der Waals surface area contributed by atoms with E-state index in [-0.39, 0.29) is 23.3 Å². The Balaban J connectivity index is 1.30.